The fraction of sp³-hybridized carbons (Fsp3) is 0.143. The molecule has 0 radical (unpaired) electrons. The summed E-state index contributed by atoms with van der Waals surface area (Å²) in [5, 5.41) is 6.75. The molecule has 0 aromatic heterocycles. The van der Waals surface area contributed by atoms with Crippen molar-refractivity contribution in [2.24, 2.45) is 0 Å². The fourth-order valence-corrected chi connectivity index (χ4v) is 6.34. The van der Waals surface area contributed by atoms with Gasteiger partial charge in [-0.2, -0.15) is 0 Å². The highest BCUT2D eigenvalue weighted by molar-refractivity contribution is 8.00. The van der Waals surface area contributed by atoms with E-state index in [1.54, 1.807) is 17.8 Å². The lowest BCUT2D eigenvalue weighted by Gasteiger charge is -2.40. The molecule has 1 aliphatic carbocycles. The van der Waals surface area contributed by atoms with Crippen LogP contribution < -0.4 is 15.5 Å². The highest BCUT2D eigenvalue weighted by Gasteiger charge is 2.36. The van der Waals surface area contributed by atoms with E-state index < -0.39 is 0 Å². The van der Waals surface area contributed by atoms with E-state index in [-0.39, 0.29) is 29.0 Å². The van der Waals surface area contributed by atoms with Gasteiger partial charge in [0.15, 0.2) is 0 Å². The van der Waals surface area contributed by atoms with Gasteiger partial charge in [0, 0.05) is 26.2 Å². The van der Waals surface area contributed by atoms with Gasteiger partial charge in [-0.05, 0) is 55.0 Å². The Balaban J connectivity index is 1.26. The van der Waals surface area contributed by atoms with Gasteiger partial charge >= 0.3 is 6.03 Å². The minimum absolute atomic E-state index is 0.0638. The number of urea groups is 1. The van der Waals surface area contributed by atoms with Gasteiger partial charge in [0.25, 0.3) is 0 Å². The molecular formula is C28H24ClN3O2S2. The van der Waals surface area contributed by atoms with E-state index >= 15 is 0 Å². The number of anilines is 3. The normalized spacial score (nSPS) is 17.8. The third kappa shape index (κ3) is 5.33. The molecule has 0 saturated carbocycles. The monoisotopic (exact) mass is 533 g/mol. The Labute approximate surface area is 224 Å². The minimum Gasteiger partial charge on any atom is -0.325 e. The Hall–Kier alpha value is -3.13. The Morgan fingerprint density at radius 2 is 1.81 bits per heavy atom. The van der Waals surface area contributed by atoms with Crippen LogP contribution in [0.1, 0.15) is 5.56 Å². The van der Waals surface area contributed by atoms with Gasteiger partial charge in [-0.25, -0.2) is 4.79 Å². The van der Waals surface area contributed by atoms with Crippen molar-refractivity contribution in [3.8, 4) is 0 Å². The summed E-state index contributed by atoms with van der Waals surface area (Å²) >= 11 is 9.33. The van der Waals surface area contributed by atoms with E-state index in [0.717, 1.165) is 21.0 Å². The maximum Gasteiger partial charge on any atom is 0.326 e. The molecule has 0 spiro atoms. The summed E-state index contributed by atoms with van der Waals surface area (Å²) in [6, 6.07) is 20.7. The zero-order valence-corrected chi connectivity index (χ0v) is 21.9. The lowest BCUT2D eigenvalue weighted by Crippen LogP contribution is -2.49. The average Bonchev–Trinajstić information content (AvgIpc) is 2.89. The van der Waals surface area contributed by atoms with Crippen molar-refractivity contribution in [2.75, 3.05) is 21.3 Å². The maximum atomic E-state index is 13.5. The topological polar surface area (TPSA) is 61.4 Å². The molecule has 2 N–H and O–H groups in total. The second-order valence-electron chi connectivity index (χ2n) is 8.39. The number of thioether (sulfide) groups is 2. The van der Waals surface area contributed by atoms with Gasteiger partial charge < -0.3 is 10.6 Å². The third-order valence-corrected chi connectivity index (χ3v) is 8.67. The van der Waals surface area contributed by atoms with Crippen LogP contribution in [0.15, 0.2) is 101 Å². The highest BCUT2D eigenvalue weighted by atomic mass is 35.5. The number of carbonyl (C=O) groups is 2. The molecule has 0 fully saturated rings. The van der Waals surface area contributed by atoms with E-state index in [0.29, 0.717) is 16.4 Å². The molecule has 3 aromatic rings. The van der Waals surface area contributed by atoms with Gasteiger partial charge in [0.1, 0.15) is 0 Å². The number of halogens is 1. The van der Waals surface area contributed by atoms with Crippen LogP contribution in [0.2, 0.25) is 5.02 Å². The van der Waals surface area contributed by atoms with Gasteiger partial charge in [0.2, 0.25) is 5.91 Å². The molecule has 182 valence electrons. The second kappa shape index (κ2) is 10.9. The molecule has 0 bridgehead atoms. The first-order valence-electron chi connectivity index (χ1n) is 11.5. The number of allylic oxidation sites excluding steroid dienone is 2. The number of rotatable bonds is 5. The van der Waals surface area contributed by atoms with Gasteiger partial charge in [0.05, 0.1) is 22.7 Å². The predicted molar refractivity (Wildman–Crippen MR) is 152 cm³/mol. The van der Waals surface area contributed by atoms with Gasteiger partial charge in [-0.15, -0.1) is 23.5 Å². The molecule has 5 rings (SSSR count). The first-order chi connectivity index (χ1) is 17.5. The number of fused-ring (bicyclic) bond motifs is 2. The maximum absolute atomic E-state index is 13.5. The molecular weight excluding hydrogens is 510 g/mol. The van der Waals surface area contributed by atoms with Crippen molar-refractivity contribution in [3.05, 3.63) is 102 Å². The van der Waals surface area contributed by atoms with Crippen molar-refractivity contribution in [1.29, 1.82) is 0 Å². The molecule has 1 aliphatic heterocycles. The van der Waals surface area contributed by atoms with Crippen LogP contribution in [0.4, 0.5) is 21.9 Å². The first kappa shape index (κ1) is 24.6. The number of amides is 3. The molecule has 2 unspecified atom stereocenters. The predicted octanol–water partition coefficient (Wildman–Crippen LogP) is 7.39. The van der Waals surface area contributed by atoms with Crippen LogP contribution in [-0.4, -0.2) is 29.0 Å². The van der Waals surface area contributed by atoms with E-state index in [2.05, 4.69) is 28.9 Å². The van der Waals surface area contributed by atoms with Crippen LogP contribution in [-0.2, 0) is 4.79 Å². The molecule has 0 saturated heterocycles. The summed E-state index contributed by atoms with van der Waals surface area (Å²) < 4.78 is 0. The Bertz CT molecular complexity index is 1370. The highest BCUT2D eigenvalue weighted by Crippen LogP contribution is 2.43. The summed E-state index contributed by atoms with van der Waals surface area (Å²) in [6.45, 7) is 1.87. The smallest absolute Gasteiger partial charge is 0.325 e. The molecule has 2 atom stereocenters. The lowest BCUT2D eigenvalue weighted by molar-refractivity contribution is -0.113. The number of nitrogens with zero attached hydrogens (tertiary/aromatic N) is 1. The number of nitrogens with one attached hydrogen (secondary N) is 2. The second-order valence-corrected chi connectivity index (χ2v) is 11.1. The van der Waals surface area contributed by atoms with Crippen LogP contribution >= 0.6 is 35.1 Å². The number of hydrogen-bond acceptors (Lipinski definition) is 4. The van der Waals surface area contributed by atoms with Crippen molar-refractivity contribution in [3.63, 3.8) is 0 Å². The molecule has 1 heterocycles. The van der Waals surface area contributed by atoms with Gasteiger partial charge in [-0.3, -0.25) is 9.69 Å². The van der Waals surface area contributed by atoms with Gasteiger partial charge in [-0.1, -0.05) is 60.2 Å². The number of para-hydroxylation sites is 1. The van der Waals surface area contributed by atoms with Crippen LogP contribution in [0.5, 0.6) is 0 Å². The summed E-state index contributed by atoms with van der Waals surface area (Å²) in [6.07, 6.45) is 8.23. The van der Waals surface area contributed by atoms with E-state index in [9.17, 15) is 9.59 Å². The van der Waals surface area contributed by atoms with Crippen LogP contribution in [0.3, 0.4) is 0 Å². The zero-order valence-electron chi connectivity index (χ0n) is 19.5. The van der Waals surface area contributed by atoms with E-state index in [1.165, 1.54) is 11.8 Å². The summed E-state index contributed by atoms with van der Waals surface area (Å²) in [4.78, 5) is 29.8. The Kier molecular flexibility index (Phi) is 7.41. The Morgan fingerprint density at radius 1 is 1.00 bits per heavy atom. The summed E-state index contributed by atoms with van der Waals surface area (Å²) in [5.41, 5.74) is 3.13. The molecule has 5 nitrogen and oxygen atoms in total. The van der Waals surface area contributed by atoms with Crippen molar-refractivity contribution in [2.45, 2.75) is 28.0 Å². The standard InChI is InChI=1S/C28H24ClN3O2S2/c1-18-21(29)10-7-11-22(18)31-27(33)17-35-20-9-6-8-19(16-20)30-28(34)32-23-12-2-4-14-25(23)36-26-15-5-3-13-24(26)32/h2-16,23,25H,17H2,1H3,(H,30,34)(H,31,33). The molecule has 3 amide bonds. The quantitative estimate of drug-likeness (QED) is 0.336. The van der Waals surface area contributed by atoms with Crippen LogP contribution in [0.25, 0.3) is 0 Å². The Morgan fingerprint density at radius 3 is 2.69 bits per heavy atom. The van der Waals surface area contributed by atoms with Crippen LogP contribution in [0, 0.1) is 6.92 Å². The minimum atomic E-state index is -0.186. The van der Waals surface area contributed by atoms with Crippen molar-refractivity contribution < 1.29 is 9.59 Å². The first-order valence-corrected chi connectivity index (χ1v) is 13.7. The number of hydrogen-bond donors (Lipinski definition) is 2. The summed E-state index contributed by atoms with van der Waals surface area (Å²) in [5.74, 6) is 0.117. The molecule has 2 aliphatic rings. The number of benzene rings is 3. The SMILES string of the molecule is Cc1c(Cl)cccc1NC(=O)CSc1cccc(NC(=O)N2c3ccccc3SC3C=CC=CC32)c1. The largest absolute Gasteiger partial charge is 0.326 e. The molecule has 3 aromatic carbocycles. The lowest BCUT2D eigenvalue weighted by atomic mass is 10.1. The van der Waals surface area contributed by atoms with Crippen molar-refractivity contribution >= 4 is 64.1 Å². The zero-order chi connectivity index (χ0) is 25.1. The van der Waals surface area contributed by atoms with Crippen molar-refractivity contribution in [1.82, 2.24) is 0 Å². The number of carbonyl (C=O) groups excluding carboxylic acids is 2. The van der Waals surface area contributed by atoms with E-state index in [1.807, 2.05) is 78.6 Å². The summed E-state index contributed by atoms with van der Waals surface area (Å²) in [7, 11) is 0. The third-order valence-electron chi connectivity index (χ3n) is 5.96. The molecule has 36 heavy (non-hydrogen) atoms. The molecule has 8 heteroatoms. The van der Waals surface area contributed by atoms with E-state index in [4.69, 9.17) is 11.6 Å². The average molecular weight is 534 g/mol. The fourth-order valence-electron chi connectivity index (χ4n) is 4.15.